The average molecular weight is 473 g/mol. The third kappa shape index (κ3) is 15.1. The lowest BCUT2D eigenvalue weighted by atomic mass is 9.92. The number of hydrogen-bond donors (Lipinski definition) is 1. The second-order valence-corrected chi connectivity index (χ2v) is 11.2. The Morgan fingerprint density at radius 3 is 1.09 bits per heavy atom. The fourth-order valence-electron chi connectivity index (χ4n) is 5.11. The van der Waals surface area contributed by atoms with Gasteiger partial charge in [0.1, 0.15) is 5.75 Å². The lowest BCUT2D eigenvalue weighted by Crippen LogP contribution is -1.98. The van der Waals surface area contributed by atoms with Crippen LogP contribution in [0.4, 0.5) is 0 Å². The smallest absolute Gasteiger partial charge is 0.121 e. The molecule has 0 heterocycles. The van der Waals surface area contributed by atoms with E-state index in [4.69, 9.17) is 0 Å². The summed E-state index contributed by atoms with van der Waals surface area (Å²) in [5.74, 6) is 1.13. The molecule has 0 radical (unpaired) electrons. The second kappa shape index (κ2) is 21.3. The molecule has 0 aliphatic carbocycles. The Bertz CT molecular complexity index is 543. The van der Waals surface area contributed by atoms with Crippen LogP contribution in [0.5, 0.6) is 5.75 Å². The molecule has 0 fully saturated rings. The number of unbranched alkanes of at least 4 members (excludes halogenated alkanes) is 18. The fourth-order valence-corrected chi connectivity index (χ4v) is 5.11. The van der Waals surface area contributed by atoms with Gasteiger partial charge >= 0.3 is 0 Å². The van der Waals surface area contributed by atoms with Crippen molar-refractivity contribution in [2.45, 2.75) is 175 Å². The quantitative estimate of drug-likeness (QED) is 0.157. The molecule has 0 saturated heterocycles. The predicted octanol–water partition coefficient (Wildman–Crippen LogP) is 11.4. The highest BCUT2D eigenvalue weighted by molar-refractivity contribution is 5.45. The van der Waals surface area contributed by atoms with Gasteiger partial charge in [0, 0.05) is 0 Å². The maximum absolute atomic E-state index is 11.0. The predicted molar refractivity (Wildman–Crippen MR) is 153 cm³/mol. The van der Waals surface area contributed by atoms with E-state index < -0.39 is 0 Å². The number of rotatable bonds is 23. The molecule has 0 unspecified atom stereocenters. The normalized spacial score (nSPS) is 11.6. The van der Waals surface area contributed by atoms with Crippen molar-refractivity contribution in [1.29, 1.82) is 0 Å². The van der Waals surface area contributed by atoms with Gasteiger partial charge < -0.3 is 5.11 Å². The van der Waals surface area contributed by atoms with E-state index in [2.05, 4.69) is 39.8 Å². The summed E-state index contributed by atoms with van der Waals surface area (Å²) in [6, 6.07) is 4.57. The zero-order valence-corrected chi connectivity index (χ0v) is 23.7. The van der Waals surface area contributed by atoms with Crippen LogP contribution in [-0.2, 0) is 12.8 Å². The average Bonchev–Trinajstić information content (AvgIpc) is 2.83. The summed E-state index contributed by atoms with van der Waals surface area (Å²) in [5, 5.41) is 11.0. The zero-order chi connectivity index (χ0) is 24.9. The van der Waals surface area contributed by atoms with Crippen molar-refractivity contribution in [3.8, 4) is 5.75 Å². The Hall–Kier alpha value is -0.980. The van der Waals surface area contributed by atoms with Gasteiger partial charge in [-0.25, -0.2) is 0 Å². The summed E-state index contributed by atoms with van der Waals surface area (Å²) >= 11 is 0. The van der Waals surface area contributed by atoms with Gasteiger partial charge in [0.05, 0.1) is 0 Å². The van der Waals surface area contributed by atoms with Crippen molar-refractivity contribution in [2.24, 2.45) is 0 Å². The first-order chi connectivity index (χ1) is 16.6. The first kappa shape index (κ1) is 31.1. The van der Waals surface area contributed by atoms with E-state index in [0.717, 1.165) is 12.8 Å². The monoisotopic (exact) mass is 472 g/mol. The molecule has 0 saturated carbocycles. The molecule has 1 aromatic carbocycles. The minimum absolute atomic E-state index is 0.526. The third-order valence-corrected chi connectivity index (χ3v) is 7.56. The van der Waals surface area contributed by atoms with Gasteiger partial charge in [-0.1, -0.05) is 155 Å². The van der Waals surface area contributed by atoms with E-state index in [0.29, 0.717) is 11.7 Å². The fraction of sp³-hybridized carbons (Fsp3) is 0.818. The Kier molecular flexibility index (Phi) is 19.5. The standard InChI is InChI=1S/C33H60O/c1-5-7-9-11-13-15-17-19-21-23-25-30-27-32(29(3)4)28-31(33(30)34)26-24-22-20-18-16-14-12-10-8-6-2/h27-29,34H,5-26H2,1-4H3. The van der Waals surface area contributed by atoms with E-state index >= 15 is 0 Å². The maximum atomic E-state index is 11.0. The van der Waals surface area contributed by atoms with Gasteiger partial charge in [0.2, 0.25) is 0 Å². The molecule has 34 heavy (non-hydrogen) atoms. The number of aryl methyl sites for hydroxylation is 2. The molecule has 0 aliphatic rings. The second-order valence-electron chi connectivity index (χ2n) is 11.2. The molecular weight excluding hydrogens is 412 g/mol. The minimum atomic E-state index is 0.526. The summed E-state index contributed by atoms with van der Waals surface area (Å²) in [5.41, 5.74) is 3.81. The van der Waals surface area contributed by atoms with Crippen LogP contribution in [0.2, 0.25) is 0 Å². The van der Waals surface area contributed by atoms with Gasteiger partial charge in [0.25, 0.3) is 0 Å². The van der Waals surface area contributed by atoms with E-state index in [-0.39, 0.29) is 0 Å². The molecule has 1 aromatic rings. The lowest BCUT2D eigenvalue weighted by molar-refractivity contribution is 0.456. The van der Waals surface area contributed by atoms with E-state index in [1.54, 1.807) is 0 Å². The number of phenolic OH excluding ortho intramolecular Hbond substituents is 1. The Morgan fingerprint density at radius 1 is 0.500 bits per heavy atom. The van der Waals surface area contributed by atoms with Crippen molar-refractivity contribution in [3.05, 3.63) is 28.8 Å². The lowest BCUT2D eigenvalue weighted by Gasteiger charge is -2.15. The van der Waals surface area contributed by atoms with Crippen LogP contribution in [0.25, 0.3) is 0 Å². The van der Waals surface area contributed by atoms with Crippen LogP contribution in [0, 0.1) is 0 Å². The molecule has 1 rings (SSSR count). The summed E-state index contributed by atoms with van der Waals surface area (Å²) in [6.45, 7) is 9.13. The molecular formula is C33H60O. The maximum Gasteiger partial charge on any atom is 0.121 e. The Balaban J connectivity index is 2.32. The van der Waals surface area contributed by atoms with Crippen LogP contribution in [0.15, 0.2) is 12.1 Å². The molecule has 198 valence electrons. The number of aromatic hydroxyl groups is 1. The molecule has 0 atom stereocenters. The van der Waals surface area contributed by atoms with Gasteiger partial charge in [-0.05, 0) is 48.3 Å². The molecule has 1 nitrogen and oxygen atoms in total. The van der Waals surface area contributed by atoms with Crippen molar-refractivity contribution < 1.29 is 5.11 Å². The van der Waals surface area contributed by atoms with Crippen molar-refractivity contribution in [3.63, 3.8) is 0 Å². The molecule has 0 aromatic heterocycles. The molecule has 0 spiro atoms. The minimum Gasteiger partial charge on any atom is -0.507 e. The number of benzene rings is 1. The summed E-state index contributed by atoms with van der Waals surface area (Å²) in [6.07, 6.45) is 29.4. The number of phenols is 1. The molecule has 0 aliphatic heterocycles. The molecule has 0 amide bonds. The van der Waals surface area contributed by atoms with Crippen molar-refractivity contribution >= 4 is 0 Å². The van der Waals surface area contributed by atoms with Crippen molar-refractivity contribution in [2.75, 3.05) is 0 Å². The van der Waals surface area contributed by atoms with E-state index in [1.165, 1.54) is 145 Å². The highest BCUT2D eigenvalue weighted by Crippen LogP contribution is 2.31. The highest BCUT2D eigenvalue weighted by Gasteiger charge is 2.12. The summed E-state index contributed by atoms with van der Waals surface area (Å²) in [4.78, 5) is 0. The van der Waals surface area contributed by atoms with Crippen LogP contribution in [0.1, 0.15) is 179 Å². The molecule has 1 heteroatoms. The third-order valence-electron chi connectivity index (χ3n) is 7.56. The van der Waals surface area contributed by atoms with Crippen LogP contribution >= 0.6 is 0 Å². The molecule has 0 bridgehead atoms. The van der Waals surface area contributed by atoms with E-state index in [1.807, 2.05) is 0 Å². The number of hydrogen-bond acceptors (Lipinski definition) is 1. The van der Waals surface area contributed by atoms with Crippen LogP contribution in [0.3, 0.4) is 0 Å². The van der Waals surface area contributed by atoms with Crippen LogP contribution < -0.4 is 0 Å². The first-order valence-electron chi connectivity index (χ1n) is 15.4. The zero-order valence-electron chi connectivity index (χ0n) is 23.7. The largest absolute Gasteiger partial charge is 0.507 e. The summed E-state index contributed by atoms with van der Waals surface area (Å²) < 4.78 is 0. The van der Waals surface area contributed by atoms with Gasteiger partial charge in [-0.2, -0.15) is 0 Å². The van der Waals surface area contributed by atoms with Gasteiger partial charge in [-0.3, -0.25) is 0 Å². The SMILES string of the molecule is CCCCCCCCCCCCc1cc(C(C)C)cc(CCCCCCCCCCCC)c1O. The van der Waals surface area contributed by atoms with E-state index in [9.17, 15) is 5.11 Å². The van der Waals surface area contributed by atoms with Gasteiger partial charge in [0.15, 0.2) is 0 Å². The van der Waals surface area contributed by atoms with Gasteiger partial charge in [-0.15, -0.1) is 0 Å². The summed E-state index contributed by atoms with van der Waals surface area (Å²) in [7, 11) is 0. The topological polar surface area (TPSA) is 20.2 Å². The molecule has 1 N–H and O–H groups in total. The Morgan fingerprint density at radius 2 is 0.794 bits per heavy atom. The highest BCUT2D eigenvalue weighted by atomic mass is 16.3. The Labute approximate surface area is 214 Å². The van der Waals surface area contributed by atoms with Crippen LogP contribution in [-0.4, -0.2) is 5.11 Å². The first-order valence-corrected chi connectivity index (χ1v) is 15.4. The van der Waals surface area contributed by atoms with Crippen molar-refractivity contribution in [1.82, 2.24) is 0 Å².